The average molecular weight is 212 g/mol. The maximum absolute atomic E-state index is 11.3. The molecule has 0 aliphatic carbocycles. The van der Waals surface area contributed by atoms with Crippen LogP contribution in [-0.2, 0) is 11.8 Å². The normalized spacial score (nSPS) is 12.5. The zero-order valence-electron chi connectivity index (χ0n) is 8.93. The highest BCUT2D eigenvalue weighted by Crippen LogP contribution is 2.18. The SMILES string of the molecule is COC(=O)c1ccc([C@H](O)CCN)n1C. The molecule has 15 heavy (non-hydrogen) atoms. The number of rotatable bonds is 4. The molecule has 84 valence electrons. The highest BCUT2D eigenvalue weighted by Gasteiger charge is 2.16. The van der Waals surface area contributed by atoms with Gasteiger partial charge in [-0.2, -0.15) is 0 Å². The number of nitrogens with zero attached hydrogens (tertiary/aromatic N) is 1. The van der Waals surface area contributed by atoms with Crippen LogP contribution in [0.4, 0.5) is 0 Å². The van der Waals surface area contributed by atoms with E-state index >= 15 is 0 Å². The van der Waals surface area contributed by atoms with E-state index in [2.05, 4.69) is 4.74 Å². The highest BCUT2D eigenvalue weighted by atomic mass is 16.5. The van der Waals surface area contributed by atoms with Crippen molar-refractivity contribution in [3.05, 3.63) is 23.5 Å². The van der Waals surface area contributed by atoms with E-state index in [1.165, 1.54) is 7.11 Å². The number of esters is 1. The predicted molar refractivity (Wildman–Crippen MR) is 55.4 cm³/mol. The lowest BCUT2D eigenvalue weighted by atomic mass is 10.2. The van der Waals surface area contributed by atoms with Crippen molar-refractivity contribution < 1.29 is 14.6 Å². The molecule has 0 spiro atoms. The fourth-order valence-corrected chi connectivity index (χ4v) is 1.48. The third-order valence-electron chi connectivity index (χ3n) is 2.34. The lowest BCUT2D eigenvalue weighted by Gasteiger charge is -2.11. The first-order valence-electron chi connectivity index (χ1n) is 4.73. The molecule has 0 aliphatic heterocycles. The highest BCUT2D eigenvalue weighted by molar-refractivity contribution is 5.87. The van der Waals surface area contributed by atoms with E-state index in [0.29, 0.717) is 24.4 Å². The maximum Gasteiger partial charge on any atom is 0.354 e. The summed E-state index contributed by atoms with van der Waals surface area (Å²) in [5, 5.41) is 9.72. The molecule has 0 amide bonds. The number of ether oxygens (including phenoxy) is 1. The van der Waals surface area contributed by atoms with Gasteiger partial charge in [-0.15, -0.1) is 0 Å². The van der Waals surface area contributed by atoms with E-state index in [0.717, 1.165) is 0 Å². The first-order chi connectivity index (χ1) is 7.11. The Hall–Kier alpha value is -1.33. The van der Waals surface area contributed by atoms with Crippen molar-refractivity contribution in [1.82, 2.24) is 4.57 Å². The third kappa shape index (κ3) is 2.37. The average Bonchev–Trinajstić information content (AvgIpc) is 2.59. The molecule has 0 fully saturated rings. The Bertz CT molecular complexity index is 346. The lowest BCUT2D eigenvalue weighted by molar-refractivity contribution is 0.0588. The number of aliphatic hydroxyl groups excluding tert-OH is 1. The van der Waals surface area contributed by atoms with Crippen LogP contribution >= 0.6 is 0 Å². The number of methoxy groups -OCH3 is 1. The maximum atomic E-state index is 11.3. The van der Waals surface area contributed by atoms with Gasteiger partial charge in [0.15, 0.2) is 0 Å². The van der Waals surface area contributed by atoms with Gasteiger partial charge in [0.05, 0.1) is 13.2 Å². The van der Waals surface area contributed by atoms with Crippen LogP contribution in [0.3, 0.4) is 0 Å². The number of aromatic nitrogens is 1. The Morgan fingerprint density at radius 3 is 2.87 bits per heavy atom. The molecule has 0 saturated heterocycles. The van der Waals surface area contributed by atoms with Crippen LogP contribution in [0.2, 0.25) is 0 Å². The molecule has 1 rings (SSSR count). The molecule has 0 radical (unpaired) electrons. The smallest absolute Gasteiger partial charge is 0.354 e. The zero-order chi connectivity index (χ0) is 11.4. The van der Waals surface area contributed by atoms with Crippen molar-refractivity contribution in [1.29, 1.82) is 0 Å². The van der Waals surface area contributed by atoms with E-state index in [1.807, 2.05) is 0 Å². The third-order valence-corrected chi connectivity index (χ3v) is 2.34. The summed E-state index contributed by atoms with van der Waals surface area (Å²) in [6, 6.07) is 3.33. The number of aliphatic hydroxyl groups is 1. The minimum absolute atomic E-state index is 0.403. The predicted octanol–water partition coefficient (Wildman–Crippen LogP) is 0.194. The molecule has 1 aromatic heterocycles. The summed E-state index contributed by atoms with van der Waals surface area (Å²) in [5.74, 6) is -0.413. The fraction of sp³-hybridized carbons (Fsp3) is 0.500. The molecular weight excluding hydrogens is 196 g/mol. The number of hydrogen-bond acceptors (Lipinski definition) is 4. The molecule has 1 aromatic rings. The Morgan fingerprint density at radius 1 is 1.67 bits per heavy atom. The molecule has 1 heterocycles. The van der Waals surface area contributed by atoms with Crippen molar-refractivity contribution in [3.63, 3.8) is 0 Å². The molecule has 0 aliphatic rings. The monoisotopic (exact) mass is 212 g/mol. The minimum Gasteiger partial charge on any atom is -0.464 e. The van der Waals surface area contributed by atoms with E-state index in [9.17, 15) is 9.90 Å². The summed E-state index contributed by atoms with van der Waals surface area (Å²) < 4.78 is 6.22. The molecule has 0 unspecified atom stereocenters. The second kappa shape index (κ2) is 4.95. The molecule has 0 aromatic carbocycles. The molecule has 1 atom stereocenters. The van der Waals surface area contributed by atoms with Crippen LogP contribution in [-0.4, -0.2) is 29.3 Å². The van der Waals surface area contributed by atoms with Crippen molar-refractivity contribution in [2.45, 2.75) is 12.5 Å². The van der Waals surface area contributed by atoms with Gasteiger partial charge >= 0.3 is 5.97 Å². The quantitative estimate of drug-likeness (QED) is 0.699. The van der Waals surface area contributed by atoms with Crippen molar-refractivity contribution in [3.8, 4) is 0 Å². The zero-order valence-corrected chi connectivity index (χ0v) is 8.93. The van der Waals surface area contributed by atoms with Gasteiger partial charge in [0.2, 0.25) is 0 Å². The van der Waals surface area contributed by atoms with Crippen LogP contribution in [0.1, 0.15) is 28.7 Å². The van der Waals surface area contributed by atoms with Crippen LogP contribution < -0.4 is 5.73 Å². The van der Waals surface area contributed by atoms with E-state index in [4.69, 9.17) is 5.73 Å². The van der Waals surface area contributed by atoms with Crippen LogP contribution in [0.25, 0.3) is 0 Å². The van der Waals surface area contributed by atoms with Gasteiger partial charge < -0.3 is 20.1 Å². The molecular formula is C10H16N2O3. The Balaban J connectivity index is 2.93. The molecule has 0 saturated carbocycles. The number of carbonyl (C=O) groups excluding carboxylic acids is 1. The summed E-state index contributed by atoms with van der Waals surface area (Å²) in [7, 11) is 3.03. The topological polar surface area (TPSA) is 77.5 Å². The summed E-state index contributed by atoms with van der Waals surface area (Å²) in [5.41, 5.74) is 6.44. The number of nitrogens with two attached hydrogens (primary N) is 1. The second-order valence-corrected chi connectivity index (χ2v) is 3.29. The van der Waals surface area contributed by atoms with Crippen LogP contribution in [0.5, 0.6) is 0 Å². The van der Waals surface area contributed by atoms with Crippen molar-refractivity contribution in [2.75, 3.05) is 13.7 Å². The Labute approximate surface area is 88.4 Å². The van der Waals surface area contributed by atoms with Gasteiger partial charge in [0, 0.05) is 12.7 Å². The van der Waals surface area contributed by atoms with E-state index in [-0.39, 0.29) is 0 Å². The van der Waals surface area contributed by atoms with E-state index in [1.54, 1.807) is 23.7 Å². The fourth-order valence-electron chi connectivity index (χ4n) is 1.48. The summed E-state index contributed by atoms with van der Waals surface area (Å²) >= 11 is 0. The largest absolute Gasteiger partial charge is 0.464 e. The standard InChI is InChI=1S/C10H16N2O3/c1-12-7(9(13)5-6-11)3-4-8(12)10(14)15-2/h3-4,9,13H,5-6,11H2,1-2H3/t9-/m1/s1. The lowest BCUT2D eigenvalue weighted by Crippen LogP contribution is -2.13. The van der Waals surface area contributed by atoms with Crippen molar-refractivity contribution in [2.24, 2.45) is 12.8 Å². The Kier molecular flexibility index (Phi) is 3.88. The molecule has 5 nitrogen and oxygen atoms in total. The molecule has 0 bridgehead atoms. The van der Waals surface area contributed by atoms with Crippen LogP contribution in [0, 0.1) is 0 Å². The van der Waals surface area contributed by atoms with Gasteiger partial charge in [-0.1, -0.05) is 0 Å². The first-order valence-corrected chi connectivity index (χ1v) is 4.73. The first kappa shape index (κ1) is 11.7. The van der Waals surface area contributed by atoms with Gasteiger partial charge in [-0.25, -0.2) is 4.79 Å². The van der Waals surface area contributed by atoms with Crippen molar-refractivity contribution >= 4 is 5.97 Å². The second-order valence-electron chi connectivity index (χ2n) is 3.29. The van der Waals surface area contributed by atoms with Gasteiger partial charge in [-0.05, 0) is 25.1 Å². The number of carbonyl (C=O) groups is 1. The number of hydrogen-bond donors (Lipinski definition) is 2. The summed E-state index contributed by atoms with van der Waals surface area (Å²) in [4.78, 5) is 11.3. The molecule has 5 heteroatoms. The van der Waals surface area contributed by atoms with Gasteiger partial charge in [0.25, 0.3) is 0 Å². The van der Waals surface area contributed by atoms with Gasteiger partial charge in [0.1, 0.15) is 5.69 Å². The van der Waals surface area contributed by atoms with Gasteiger partial charge in [-0.3, -0.25) is 0 Å². The van der Waals surface area contributed by atoms with Crippen LogP contribution in [0.15, 0.2) is 12.1 Å². The summed E-state index contributed by atoms with van der Waals surface area (Å²) in [6.07, 6.45) is -0.170. The molecule has 3 N–H and O–H groups in total. The summed E-state index contributed by atoms with van der Waals surface area (Å²) in [6.45, 7) is 0.403. The minimum atomic E-state index is -0.640. The Morgan fingerprint density at radius 2 is 2.33 bits per heavy atom. The van der Waals surface area contributed by atoms with E-state index < -0.39 is 12.1 Å².